The Bertz CT molecular complexity index is 360. The lowest BCUT2D eigenvalue weighted by atomic mass is 10.0. The molecule has 0 spiro atoms. The van der Waals surface area contributed by atoms with Gasteiger partial charge in [-0.2, -0.15) is 0 Å². The van der Waals surface area contributed by atoms with Gasteiger partial charge in [-0.05, 0) is 29.5 Å². The van der Waals surface area contributed by atoms with E-state index in [1.54, 1.807) is 7.11 Å². The molecule has 1 aromatic carbocycles. The lowest BCUT2D eigenvalue weighted by Crippen LogP contribution is -2.24. The van der Waals surface area contributed by atoms with Crippen molar-refractivity contribution >= 4 is 5.69 Å². The van der Waals surface area contributed by atoms with E-state index in [9.17, 15) is 0 Å². The molecule has 0 amide bonds. The van der Waals surface area contributed by atoms with E-state index in [-0.39, 0.29) is 0 Å². The zero-order chi connectivity index (χ0) is 11.5. The Morgan fingerprint density at radius 2 is 2.19 bits per heavy atom. The molecule has 0 saturated heterocycles. The summed E-state index contributed by atoms with van der Waals surface area (Å²) in [5, 5.41) is 0. The number of methoxy groups -OCH3 is 1. The lowest BCUT2D eigenvalue weighted by Gasteiger charge is -2.20. The van der Waals surface area contributed by atoms with Gasteiger partial charge in [0.1, 0.15) is 0 Å². The highest BCUT2D eigenvalue weighted by Gasteiger charge is 2.19. The van der Waals surface area contributed by atoms with Gasteiger partial charge in [0.05, 0.1) is 6.61 Å². The third kappa shape index (κ3) is 2.22. The molecule has 88 valence electrons. The normalized spacial score (nSPS) is 14.6. The van der Waals surface area contributed by atoms with Crippen LogP contribution in [0, 0.1) is 0 Å². The summed E-state index contributed by atoms with van der Waals surface area (Å²) in [6.45, 7) is 7.45. The van der Waals surface area contributed by atoms with Crippen LogP contribution in [0.25, 0.3) is 0 Å². The molecule has 0 saturated carbocycles. The van der Waals surface area contributed by atoms with Gasteiger partial charge >= 0.3 is 0 Å². The Morgan fingerprint density at radius 3 is 2.88 bits per heavy atom. The minimum absolute atomic E-state index is 0.607. The Balaban J connectivity index is 2.19. The van der Waals surface area contributed by atoms with Crippen molar-refractivity contribution in [1.82, 2.24) is 0 Å². The Morgan fingerprint density at radius 1 is 1.38 bits per heavy atom. The molecule has 0 fully saturated rings. The van der Waals surface area contributed by atoms with Crippen molar-refractivity contribution in [2.45, 2.75) is 26.2 Å². The minimum atomic E-state index is 0.607. The summed E-state index contributed by atoms with van der Waals surface area (Å²) < 4.78 is 5.15. The SMILES string of the molecule is COCCN1CCc2ccc(C(C)C)cc21. The highest BCUT2D eigenvalue weighted by atomic mass is 16.5. The highest BCUT2D eigenvalue weighted by molar-refractivity contribution is 5.59. The zero-order valence-electron chi connectivity index (χ0n) is 10.5. The molecule has 1 aliphatic rings. The van der Waals surface area contributed by atoms with Crippen molar-refractivity contribution in [3.8, 4) is 0 Å². The van der Waals surface area contributed by atoms with Gasteiger partial charge in [-0.25, -0.2) is 0 Å². The smallest absolute Gasteiger partial charge is 0.0637 e. The van der Waals surface area contributed by atoms with Crippen LogP contribution in [0.15, 0.2) is 18.2 Å². The number of hydrogen-bond donors (Lipinski definition) is 0. The van der Waals surface area contributed by atoms with Crippen LogP contribution in [0.3, 0.4) is 0 Å². The number of fused-ring (bicyclic) bond motifs is 1. The summed E-state index contributed by atoms with van der Waals surface area (Å²) in [5.41, 5.74) is 4.34. The quantitative estimate of drug-likeness (QED) is 0.772. The van der Waals surface area contributed by atoms with Gasteiger partial charge in [0.15, 0.2) is 0 Å². The van der Waals surface area contributed by atoms with Crippen molar-refractivity contribution in [3.63, 3.8) is 0 Å². The average molecular weight is 219 g/mol. The lowest BCUT2D eigenvalue weighted by molar-refractivity contribution is 0.205. The van der Waals surface area contributed by atoms with Crippen LogP contribution in [0.1, 0.15) is 30.9 Å². The third-order valence-corrected chi connectivity index (χ3v) is 3.33. The van der Waals surface area contributed by atoms with Gasteiger partial charge < -0.3 is 9.64 Å². The van der Waals surface area contributed by atoms with Crippen LogP contribution in [0.4, 0.5) is 5.69 Å². The molecule has 2 heteroatoms. The Labute approximate surface area is 98.2 Å². The van der Waals surface area contributed by atoms with Crippen molar-refractivity contribution in [1.29, 1.82) is 0 Å². The topological polar surface area (TPSA) is 12.5 Å². The molecule has 16 heavy (non-hydrogen) atoms. The predicted octanol–water partition coefficient (Wildman–Crippen LogP) is 2.82. The summed E-state index contributed by atoms with van der Waals surface area (Å²) in [6, 6.07) is 6.91. The van der Waals surface area contributed by atoms with E-state index in [1.165, 1.54) is 23.2 Å². The van der Waals surface area contributed by atoms with E-state index in [2.05, 4.69) is 36.9 Å². The molecule has 0 bridgehead atoms. The molecule has 0 radical (unpaired) electrons. The van der Waals surface area contributed by atoms with Gasteiger partial charge in [0.2, 0.25) is 0 Å². The first kappa shape index (κ1) is 11.5. The number of hydrogen-bond acceptors (Lipinski definition) is 2. The monoisotopic (exact) mass is 219 g/mol. The Hall–Kier alpha value is -1.02. The fourth-order valence-corrected chi connectivity index (χ4v) is 2.26. The molecular formula is C14H21NO. The van der Waals surface area contributed by atoms with Crippen molar-refractivity contribution in [3.05, 3.63) is 29.3 Å². The van der Waals surface area contributed by atoms with Crippen LogP contribution in [0.5, 0.6) is 0 Å². The molecule has 1 aromatic rings. The van der Waals surface area contributed by atoms with Gasteiger partial charge in [-0.15, -0.1) is 0 Å². The van der Waals surface area contributed by atoms with Gasteiger partial charge in [0, 0.05) is 25.9 Å². The molecule has 0 N–H and O–H groups in total. The molecule has 1 heterocycles. The second-order valence-corrected chi connectivity index (χ2v) is 4.77. The van der Waals surface area contributed by atoms with Gasteiger partial charge in [-0.1, -0.05) is 26.0 Å². The van der Waals surface area contributed by atoms with E-state index < -0.39 is 0 Å². The molecule has 2 rings (SSSR count). The minimum Gasteiger partial charge on any atom is -0.383 e. The average Bonchev–Trinajstić information content (AvgIpc) is 2.68. The van der Waals surface area contributed by atoms with E-state index in [0.717, 1.165) is 19.7 Å². The summed E-state index contributed by atoms with van der Waals surface area (Å²) in [6.07, 6.45) is 1.18. The number of ether oxygens (including phenoxy) is 1. The second kappa shape index (κ2) is 4.88. The van der Waals surface area contributed by atoms with Crippen LogP contribution >= 0.6 is 0 Å². The highest BCUT2D eigenvalue weighted by Crippen LogP contribution is 2.30. The molecular weight excluding hydrogens is 198 g/mol. The van der Waals surface area contributed by atoms with Gasteiger partial charge in [-0.3, -0.25) is 0 Å². The van der Waals surface area contributed by atoms with E-state index in [1.807, 2.05) is 0 Å². The standard InChI is InChI=1S/C14H21NO/c1-11(2)13-5-4-12-6-7-15(8-9-16-3)14(12)10-13/h4-5,10-11H,6-9H2,1-3H3. The number of benzene rings is 1. The van der Waals surface area contributed by atoms with Crippen molar-refractivity contribution < 1.29 is 4.74 Å². The van der Waals surface area contributed by atoms with E-state index in [4.69, 9.17) is 4.74 Å². The molecule has 0 unspecified atom stereocenters. The number of rotatable bonds is 4. The van der Waals surface area contributed by atoms with Gasteiger partial charge in [0.25, 0.3) is 0 Å². The first-order valence-electron chi connectivity index (χ1n) is 6.09. The molecule has 0 aliphatic carbocycles. The maximum Gasteiger partial charge on any atom is 0.0637 e. The fraction of sp³-hybridized carbons (Fsp3) is 0.571. The second-order valence-electron chi connectivity index (χ2n) is 4.77. The van der Waals surface area contributed by atoms with Crippen LogP contribution < -0.4 is 4.90 Å². The molecule has 0 atom stereocenters. The largest absolute Gasteiger partial charge is 0.383 e. The first-order valence-corrected chi connectivity index (χ1v) is 6.09. The van der Waals surface area contributed by atoms with Crippen molar-refractivity contribution in [2.75, 3.05) is 31.7 Å². The van der Waals surface area contributed by atoms with E-state index in [0.29, 0.717) is 5.92 Å². The summed E-state index contributed by atoms with van der Waals surface area (Å²) in [7, 11) is 1.77. The summed E-state index contributed by atoms with van der Waals surface area (Å²) >= 11 is 0. The number of nitrogens with zero attached hydrogens (tertiary/aromatic N) is 1. The maximum absolute atomic E-state index is 5.15. The molecule has 2 nitrogen and oxygen atoms in total. The first-order chi connectivity index (χ1) is 7.72. The zero-order valence-corrected chi connectivity index (χ0v) is 10.5. The Kier molecular flexibility index (Phi) is 3.49. The van der Waals surface area contributed by atoms with Crippen LogP contribution in [-0.2, 0) is 11.2 Å². The summed E-state index contributed by atoms with van der Waals surface area (Å²) in [5.74, 6) is 0.607. The van der Waals surface area contributed by atoms with Crippen molar-refractivity contribution in [2.24, 2.45) is 0 Å². The predicted molar refractivity (Wildman–Crippen MR) is 68.3 cm³/mol. The fourth-order valence-electron chi connectivity index (χ4n) is 2.26. The number of anilines is 1. The molecule has 0 aromatic heterocycles. The molecule has 1 aliphatic heterocycles. The van der Waals surface area contributed by atoms with E-state index >= 15 is 0 Å². The maximum atomic E-state index is 5.15. The summed E-state index contributed by atoms with van der Waals surface area (Å²) in [4.78, 5) is 2.44. The van der Waals surface area contributed by atoms with Crippen LogP contribution in [0.2, 0.25) is 0 Å². The van der Waals surface area contributed by atoms with Crippen LogP contribution in [-0.4, -0.2) is 26.8 Å². The third-order valence-electron chi connectivity index (χ3n) is 3.33.